The largest absolute Gasteiger partial charge is 0.454 e. The normalized spacial score (nSPS) is 15.3. The number of aromatic nitrogens is 2. The van der Waals surface area contributed by atoms with Crippen LogP contribution in [0, 0.1) is 0 Å². The number of rotatable bonds is 3. The number of hydrogen-bond acceptors (Lipinski definition) is 4. The Morgan fingerprint density at radius 3 is 2.50 bits per heavy atom. The van der Waals surface area contributed by atoms with E-state index in [1.165, 1.54) is 42.6 Å². The average Bonchev–Trinajstić information content (AvgIpc) is 3.39. The third-order valence-electron chi connectivity index (χ3n) is 5.18. The predicted molar refractivity (Wildman–Crippen MR) is 103 cm³/mol. The Balaban J connectivity index is 1.69. The van der Waals surface area contributed by atoms with Gasteiger partial charge in [-0.2, -0.15) is 18.3 Å². The Labute approximate surface area is 168 Å². The molecule has 30 heavy (non-hydrogen) atoms. The van der Waals surface area contributed by atoms with Gasteiger partial charge in [-0.05, 0) is 35.9 Å². The number of alkyl halides is 3. The van der Waals surface area contributed by atoms with Crippen LogP contribution in [0.5, 0.6) is 11.5 Å². The van der Waals surface area contributed by atoms with Crippen molar-refractivity contribution in [3.63, 3.8) is 0 Å². The predicted octanol–water partition coefficient (Wildman–Crippen LogP) is 4.55. The first-order valence-corrected chi connectivity index (χ1v) is 9.11. The molecular formula is C22H15F3N2O3. The zero-order valence-corrected chi connectivity index (χ0v) is 15.4. The molecule has 1 N–H and O–H groups in total. The van der Waals surface area contributed by atoms with Gasteiger partial charge < -0.3 is 14.6 Å². The molecule has 1 aliphatic rings. The molecule has 2 heterocycles. The van der Waals surface area contributed by atoms with E-state index in [9.17, 15) is 18.3 Å². The van der Waals surface area contributed by atoms with Gasteiger partial charge in [0.1, 0.15) is 0 Å². The van der Waals surface area contributed by atoms with Crippen molar-refractivity contribution in [3.8, 4) is 17.2 Å². The van der Waals surface area contributed by atoms with E-state index in [2.05, 4.69) is 5.10 Å². The first-order valence-electron chi connectivity index (χ1n) is 9.11. The second kappa shape index (κ2) is 6.50. The van der Waals surface area contributed by atoms with Gasteiger partial charge in [0.15, 0.2) is 11.5 Å². The van der Waals surface area contributed by atoms with Crippen molar-refractivity contribution in [1.29, 1.82) is 0 Å². The molecule has 1 aliphatic heterocycles. The number of aliphatic hydroxyl groups is 1. The average molecular weight is 412 g/mol. The Morgan fingerprint density at radius 2 is 1.73 bits per heavy atom. The number of para-hydroxylation sites is 2. The Kier molecular flexibility index (Phi) is 4.01. The summed E-state index contributed by atoms with van der Waals surface area (Å²) >= 11 is 0. The lowest BCUT2D eigenvalue weighted by Gasteiger charge is -2.32. The molecule has 0 saturated heterocycles. The number of halogens is 3. The van der Waals surface area contributed by atoms with Gasteiger partial charge in [-0.1, -0.05) is 36.4 Å². The summed E-state index contributed by atoms with van der Waals surface area (Å²) in [7, 11) is 0. The van der Waals surface area contributed by atoms with Crippen LogP contribution in [0.3, 0.4) is 0 Å². The summed E-state index contributed by atoms with van der Waals surface area (Å²) in [6.07, 6.45) is -3.53. The summed E-state index contributed by atoms with van der Waals surface area (Å²) in [4.78, 5) is 0. The zero-order chi connectivity index (χ0) is 20.9. The molecule has 0 radical (unpaired) electrons. The minimum Gasteiger partial charge on any atom is -0.454 e. The van der Waals surface area contributed by atoms with Crippen LogP contribution in [0.4, 0.5) is 13.2 Å². The fourth-order valence-electron chi connectivity index (χ4n) is 3.72. The van der Waals surface area contributed by atoms with Crippen LogP contribution in [0.25, 0.3) is 16.6 Å². The van der Waals surface area contributed by atoms with Gasteiger partial charge in [0.2, 0.25) is 12.4 Å². The minimum absolute atomic E-state index is 0.114. The summed E-state index contributed by atoms with van der Waals surface area (Å²) in [6.45, 7) is -0.205. The van der Waals surface area contributed by atoms with Crippen LogP contribution in [0.2, 0.25) is 0 Å². The molecule has 0 aliphatic carbocycles. The lowest BCUT2D eigenvalue weighted by atomic mass is 9.84. The Morgan fingerprint density at radius 1 is 0.933 bits per heavy atom. The Bertz CT molecular complexity index is 1240. The maximum Gasteiger partial charge on any atom is 0.425 e. The fourth-order valence-corrected chi connectivity index (χ4v) is 3.72. The van der Waals surface area contributed by atoms with Crippen LogP contribution in [-0.4, -0.2) is 27.9 Å². The van der Waals surface area contributed by atoms with Crippen molar-refractivity contribution >= 4 is 10.9 Å². The lowest BCUT2D eigenvalue weighted by molar-refractivity contribution is -0.248. The molecule has 0 fully saturated rings. The SMILES string of the molecule is OC(c1ccc2c(cnn2-c2ccccc2)c1)(c1cccc2c1OCO2)C(F)(F)F. The number of hydrogen-bond donors (Lipinski definition) is 1. The van der Waals surface area contributed by atoms with Crippen molar-refractivity contribution in [2.24, 2.45) is 0 Å². The highest BCUT2D eigenvalue weighted by Crippen LogP contribution is 2.51. The second-order valence-electron chi connectivity index (χ2n) is 6.91. The van der Waals surface area contributed by atoms with E-state index in [1.807, 2.05) is 30.3 Å². The Hall–Kier alpha value is -3.52. The molecule has 0 amide bonds. The van der Waals surface area contributed by atoms with Gasteiger partial charge in [0.05, 0.1) is 17.4 Å². The highest BCUT2D eigenvalue weighted by molar-refractivity contribution is 5.81. The topological polar surface area (TPSA) is 56.5 Å². The maximum atomic E-state index is 14.2. The van der Waals surface area contributed by atoms with Crippen molar-refractivity contribution in [3.05, 3.63) is 84.1 Å². The second-order valence-corrected chi connectivity index (χ2v) is 6.91. The summed E-state index contributed by atoms with van der Waals surface area (Å²) in [5.41, 5.74) is -2.64. The number of fused-ring (bicyclic) bond motifs is 2. The van der Waals surface area contributed by atoms with Crippen LogP contribution in [-0.2, 0) is 5.60 Å². The molecule has 5 rings (SSSR count). The summed E-state index contributed by atoms with van der Waals surface area (Å²) < 4.78 is 54.8. The van der Waals surface area contributed by atoms with Gasteiger partial charge in [-0.3, -0.25) is 0 Å². The van der Waals surface area contributed by atoms with E-state index in [1.54, 1.807) is 4.68 Å². The third kappa shape index (κ3) is 2.64. The van der Waals surface area contributed by atoms with Crippen molar-refractivity contribution in [2.45, 2.75) is 11.8 Å². The van der Waals surface area contributed by atoms with Crippen molar-refractivity contribution in [2.75, 3.05) is 6.79 Å². The molecule has 5 nitrogen and oxygen atoms in total. The standard InChI is InChI=1S/C22H15F3N2O3/c23-22(24,25)21(28,17-7-4-8-19-20(17)30-13-29-19)15-9-10-18-14(11-15)12-26-27(18)16-5-2-1-3-6-16/h1-12,28H,13H2. The zero-order valence-electron chi connectivity index (χ0n) is 15.4. The van der Waals surface area contributed by atoms with Crippen LogP contribution in [0.1, 0.15) is 11.1 Å². The summed E-state index contributed by atoms with van der Waals surface area (Å²) in [6, 6.07) is 17.4. The van der Waals surface area contributed by atoms with Gasteiger partial charge in [0.25, 0.3) is 0 Å². The smallest absolute Gasteiger partial charge is 0.425 e. The molecule has 0 bridgehead atoms. The lowest BCUT2D eigenvalue weighted by Crippen LogP contribution is -2.43. The van der Waals surface area contributed by atoms with Crippen LogP contribution < -0.4 is 9.47 Å². The molecule has 1 atom stereocenters. The molecule has 3 aromatic carbocycles. The van der Waals surface area contributed by atoms with Gasteiger partial charge in [-0.15, -0.1) is 0 Å². The van der Waals surface area contributed by atoms with Crippen LogP contribution in [0.15, 0.2) is 72.9 Å². The van der Waals surface area contributed by atoms with Crippen molar-refractivity contribution in [1.82, 2.24) is 9.78 Å². The molecular weight excluding hydrogens is 397 g/mol. The highest BCUT2D eigenvalue weighted by atomic mass is 19.4. The van der Waals surface area contributed by atoms with Crippen LogP contribution >= 0.6 is 0 Å². The fraction of sp³-hybridized carbons (Fsp3) is 0.136. The molecule has 0 saturated carbocycles. The molecule has 1 aromatic heterocycles. The van der Waals surface area contributed by atoms with E-state index < -0.39 is 17.3 Å². The van der Waals surface area contributed by atoms with Gasteiger partial charge >= 0.3 is 6.18 Å². The van der Waals surface area contributed by atoms with E-state index in [4.69, 9.17) is 9.47 Å². The van der Waals surface area contributed by atoms with Crippen molar-refractivity contribution < 1.29 is 27.8 Å². The molecule has 152 valence electrons. The quantitative estimate of drug-likeness (QED) is 0.536. The number of ether oxygens (including phenoxy) is 2. The minimum atomic E-state index is -5.00. The number of benzene rings is 3. The third-order valence-corrected chi connectivity index (χ3v) is 5.18. The summed E-state index contributed by atoms with van der Waals surface area (Å²) in [5.74, 6) is 0.0468. The summed E-state index contributed by atoms with van der Waals surface area (Å²) in [5, 5.41) is 15.8. The van der Waals surface area contributed by atoms with E-state index in [0.717, 1.165) is 5.69 Å². The molecule has 4 aromatic rings. The first kappa shape index (κ1) is 18.5. The van der Waals surface area contributed by atoms with Gasteiger partial charge in [-0.25, -0.2) is 4.68 Å². The molecule has 8 heteroatoms. The monoisotopic (exact) mass is 412 g/mol. The molecule has 0 spiro atoms. The van der Waals surface area contributed by atoms with E-state index >= 15 is 0 Å². The highest BCUT2D eigenvalue weighted by Gasteiger charge is 2.58. The molecule has 1 unspecified atom stereocenters. The maximum absolute atomic E-state index is 14.2. The van der Waals surface area contributed by atoms with E-state index in [0.29, 0.717) is 10.9 Å². The first-order chi connectivity index (χ1) is 14.4. The van der Waals surface area contributed by atoms with Gasteiger partial charge in [0, 0.05) is 10.9 Å². The number of nitrogens with zero attached hydrogens (tertiary/aromatic N) is 2. The van der Waals surface area contributed by atoms with E-state index in [-0.39, 0.29) is 23.9 Å².